The number of aromatic nitrogens is 4. The molecule has 0 aliphatic heterocycles. The minimum Gasteiger partial charge on any atom is -0.396 e. The summed E-state index contributed by atoms with van der Waals surface area (Å²) in [6.07, 6.45) is 6.80. The molecule has 0 aromatic carbocycles. The normalized spacial score (nSPS) is 10.1. The van der Waals surface area contributed by atoms with Gasteiger partial charge in [0.05, 0.1) is 18.4 Å². The van der Waals surface area contributed by atoms with E-state index in [9.17, 15) is 0 Å². The molecule has 2 rings (SSSR count). The molecule has 6 heteroatoms. The van der Waals surface area contributed by atoms with Crippen LogP contribution < -0.4 is 11.1 Å². The van der Waals surface area contributed by atoms with Gasteiger partial charge in [-0.15, -0.1) is 0 Å². The third-order valence-electron chi connectivity index (χ3n) is 1.84. The Hall–Kier alpha value is -2.11. The highest BCUT2D eigenvalue weighted by Gasteiger charge is 1.95. The van der Waals surface area contributed by atoms with Gasteiger partial charge in [-0.3, -0.25) is 4.68 Å². The van der Waals surface area contributed by atoms with Gasteiger partial charge in [-0.1, -0.05) is 0 Å². The Balaban J connectivity index is 1.80. The van der Waals surface area contributed by atoms with E-state index in [1.807, 2.05) is 0 Å². The molecule has 0 bridgehead atoms. The number of rotatable bonds is 4. The Kier molecular flexibility index (Phi) is 2.77. The number of nitrogens with one attached hydrogen (secondary N) is 1. The van der Waals surface area contributed by atoms with Gasteiger partial charge in [-0.25, -0.2) is 9.97 Å². The molecule has 0 amide bonds. The first kappa shape index (κ1) is 9.45. The number of nitrogens with zero attached hydrogens (tertiary/aromatic N) is 4. The molecule has 6 nitrogen and oxygen atoms in total. The zero-order valence-electron chi connectivity index (χ0n) is 8.17. The SMILES string of the molecule is Nc1cnn(CCNc2ncccn2)c1. The summed E-state index contributed by atoms with van der Waals surface area (Å²) in [4.78, 5) is 8.08. The summed E-state index contributed by atoms with van der Waals surface area (Å²) in [5, 5.41) is 7.14. The van der Waals surface area contributed by atoms with E-state index in [0.717, 1.165) is 6.54 Å². The lowest BCUT2D eigenvalue weighted by molar-refractivity contribution is 0.636. The first-order valence-corrected chi connectivity index (χ1v) is 4.63. The molecule has 0 radical (unpaired) electrons. The van der Waals surface area contributed by atoms with Crippen molar-refractivity contribution in [2.75, 3.05) is 17.6 Å². The molecule has 0 saturated heterocycles. The molecule has 0 spiro atoms. The molecule has 2 heterocycles. The zero-order chi connectivity index (χ0) is 10.5. The summed E-state index contributed by atoms with van der Waals surface area (Å²) in [5.74, 6) is 0.623. The maximum Gasteiger partial charge on any atom is 0.222 e. The first-order valence-electron chi connectivity index (χ1n) is 4.63. The van der Waals surface area contributed by atoms with Crippen LogP contribution in [0.25, 0.3) is 0 Å². The first-order chi connectivity index (χ1) is 7.34. The predicted molar refractivity (Wildman–Crippen MR) is 57.2 cm³/mol. The van der Waals surface area contributed by atoms with Crippen LogP contribution in [0.5, 0.6) is 0 Å². The molecule has 0 unspecified atom stereocenters. The Morgan fingerprint density at radius 1 is 1.33 bits per heavy atom. The largest absolute Gasteiger partial charge is 0.396 e. The molecule has 78 valence electrons. The number of nitrogens with two attached hydrogens (primary N) is 1. The maximum atomic E-state index is 5.53. The van der Waals surface area contributed by atoms with Crippen LogP contribution in [0.4, 0.5) is 11.6 Å². The molecule has 0 saturated carbocycles. The van der Waals surface area contributed by atoms with Crippen molar-refractivity contribution in [3.8, 4) is 0 Å². The van der Waals surface area contributed by atoms with Gasteiger partial charge in [0.2, 0.25) is 5.95 Å². The standard InChI is InChI=1S/C9H12N6/c10-8-6-14-15(7-8)5-4-13-9-11-2-1-3-12-9/h1-3,6-7H,4-5,10H2,(H,11,12,13). The van der Waals surface area contributed by atoms with E-state index in [1.54, 1.807) is 35.5 Å². The lowest BCUT2D eigenvalue weighted by atomic mass is 10.6. The van der Waals surface area contributed by atoms with Crippen LogP contribution >= 0.6 is 0 Å². The summed E-state index contributed by atoms with van der Waals surface area (Å²) in [5.41, 5.74) is 6.21. The van der Waals surface area contributed by atoms with Gasteiger partial charge in [-0.05, 0) is 6.07 Å². The van der Waals surface area contributed by atoms with Crippen molar-refractivity contribution in [2.24, 2.45) is 0 Å². The van der Waals surface area contributed by atoms with Crippen LogP contribution in [0.1, 0.15) is 0 Å². The van der Waals surface area contributed by atoms with E-state index < -0.39 is 0 Å². The highest BCUT2D eigenvalue weighted by atomic mass is 15.3. The minimum absolute atomic E-state index is 0.623. The average Bonchev–Trinajstić information content (AvgIpc) is 2.66. The highest BCUT2D eigenvalue weighted by molar-refractivity contribution is 5.30. The maximum absolute atomic E-state index is 5.53. The van der Waals surface area contributed by atoms with Crippen LogP contribution in [0, 0.1) is 0 Å². The summed E-state index contributed by atoms with van der Waals surface area (Å²) < 4.78 is 1.77. The van der Waals surface area contributed by atoms with Crippen molar-refractivity contribution in [1.29, 1.82) is 0 Å². The molecule has 2 aromatic rings. The molecule has 0 fully saturated rings. The summed E-state index contributed by atoms with van der Waals surface area (Å²) in [7, 11) is 0. The third-order valence-corrected chi connectivity index (χ3v) is 1.84. The van der Waals surface area contributed by atoms with Crippen molar-refractivity contribution in [1.82, 2.24) is 19.7 Å². The molecule has 2 aromatic heterocycles. The van der Waals surface area contributed by atoms with Crippen molar-refractivity contribution in [2.45, 2.75) is 6.54 Å². The van der Waals surface area contributed by atoms with Gasteiger partial charge in [0, 0.05) is 25.1 Å². The van der Waals surface area contributed by atoms with Gasteiger partial charge in [0.15, 0.2) is 0 Å². The van der Waals surface area contributed by atoms with Crippen LogP contribution in [-0.4, -0.2) is 26.3 Å². The molecule has 3 N–H and O–H groups in total. The van der Waals surface area contributed by atoms with Gasteiger partial charge in [0.25, 0.3) is 0 Å². The molecule has 0 atom stereocenters. The highest BCUT2D eigenvalue weighted by Crippen LogP contribution is 1.98. The van der Waals surface area contributed by atoms with Crippen LogP contribution in [0.2, 0.25) is 0 Å². The summed E-state index contributed by atoms with van der Waals surface area (Å²) in [6.45, 7) is 1.45. The Labute approximate surface area is 87.2 Å². The second kappa shape index (κ2) is 4.41. The number of hydrogen-bond acceptors (Lipinski definition) is 5. The smallest absolute Gasteiger partial charge is 0.222 e. The van der Waals surface area contributed by atoms with Gasteiger partial charge >= 0.3 is 0 Å². The predicted octanol–water partition coefficient (Wildman–Crippen LogP) is 0.367. The molecule has 15 heavy (non-hydrogen) atoms. The van der Waals surface area contributed by atoms with E-state index in [1.165, 1.54) is 0 Å². The fourth-order valence-corrected chi connectivity index (χ4v) is 1.17. The summed E-state index contributed by atoms with van der Waals surface area (Å²) >= 11 is 0. The lowest BCUT2D eigenvalue weighted by Gasteiger charge is -2.03. The van der Waals surface area contributed by atoms with E-state index >= 15 is 0 Å². The average molecular weight is 204 g/mol. The monoisotopic (exact) mass is 204 g/mol. The second-order valence-corrected chi connectivity index (χ2v) is 3.04. The fraction of sp³-hybridized carbons (Fsp3) is 0.222. The summed E-state index contributed by atoms with van der Waals surface area (Å²) in [6, 6.07) is 1.78. The van der Waals surface area contributed by atoms with Crippen LogP contribution in [0.15, 0.2) is 30.9 Å². The van der Waals surface area contributed by atoms with E-state index in [2.05, 4.69) is 20.4 Å². The second-order valence-electron chi connectivity index (χ2n) is 3.04. The zero-order valence-corrected chi connectivity index (χ0v) is 8.17. The lowest BCUT2D eigenvalue weighted by Crippen LogP contribution is -2.12. The molecular formula is C9H12N6. The van der Waals surface area contributed by atoms with E-state index in [-0.39, 0.29) is 0 Å². The molecular weight excluding hydrogens is 192 g/mol. The topological polar surface area (TPSA) is 81.6 Å². The van der Waals surface area contributed by atoms with Crippen LogP contribution in [-0.2, 0) is 6.54 Å². The Morgan fingerprint density at radius 3 is 2.80 bits per heavy atom. The van der Waals surface area contributed by atoms with E-state index in [0.29, 0.717) is 18.2 Å². The fourth-order valence-electron chi connectivity index (χ4n) is 1.17. The molecule has 0 aliphatic rings. The van der Waals surface area contributed by atoms with Crippen molar-refractivity contribution in [3.05, 3.63) is 30.9 Å². The van der Waals surface area contributed by atoms with Gasteiger partial charge in [0.1, 0.15) is 0 Å². The van der Waals surface area contributed by atoms with Crippen molar-refractivity contribution < 1.29 is 0 Å². The number of anilines is 2. The van der Waals surface area contributed by atoms with Crippen molar-refractivity contribution >= 4 is 11.6 Å². The molecule has 0 aliphatic carbocycles. The quantitative estimate of drug-likeness (QED) is 0.751. The number of nitrogen functional groups attached to an aromatic ring is 1. The minimum atomic E-state index is 0.623. The third kappa shape index (κ3) is 2.67. The van der Waals surface area contributed by atoms with Gasteiger partial charge < -0.3 is 11.1 Å². The van der Waals surface area contributed by atoms with Crippen LogP contribution in [0.3, 0.4) is 0 Å². The van der Waals surface area contributed by atoms with Crippen molar-refractivity contribution in [3.63, 3.8) is 0 Å². The Morgan fingerprint density at radius 2 is 2.13 bits per heavy atom. The van der Waals surface area contributed by atoms with E-state index in [4.69, 9.17) is 5.73 Å². The Bertz CT molecular complexity index is 410. The number of hydrogen-bond donors (Lipinski definition) is 2. The van der Waals surface area contributed by atoms with Gasteiger partial charge in [-0.2, -0.15) is 5.10 Å².